The molecule has 11 heteroatoms. The Morgan fingerprint density at radius 2 is 2.09 bits per heavy atom. The van der Waals surface area contributed by atoms with E-state index < -0.39 is 17.1 Å². The van der Waals surface area contributed by atoms with E-state index in [9.17, 15) is 18.0 Å². The zero-order valence-electron chi connectivity index (χ0n) is 11.5. The van der Waals surface area contributed by atoms with Crippen LogP contribution in [0.15, 0.2) is 0 Å². The number of alkyl halides is 3. The first-order valence-corrected chi connectivity index (χ1v) is 7.37. The second kappa shape index (κ2) is 6.21. The summed E-state index contributed by atoms with van der Waals surface area (Å²) in [5, 5.41) is 11.4. The third-order valence-electron chi connectivity index (χ3n) is 2.65. The Hall–Kier alpha value is -1.68. The molecule has 22 heavy (non-hydrogen) atoms. The van der Waals surface area contributed by atoms with Crippen molar-refractivity contribution < 1.29 is 18.0 Å². The largest absolute Gasteiger partial charge is 0.445 e. The fourth-order valence-electron chi connectivity index (χ4n) is 1.74. The van der Waals surface area contributed by atoms with Gasteiger partial charge in [-0.2, -0.15) is 18.3 Å². The summed E-state index contributed by atoms with van der Waals surface area (Å²) in [6.07, 6.45) is -3.21. The van der Waals surface area contributed by atoms with Crippen LogP contribution >= 0.6 is 22.9 Å². The van der Waals surface area contributed by atoms with E-state index in [1.807, 2.05) is 6.92 Å². The number of anilines is 1. The lowest BCUT2D eigenvalue weighted by Gasteiger charge is -2.02. The fourth-order valence-corrected chi connectivity index (χ4v) is 2.69. The molecule has 0 aliphatic carbocycles. The number of nitrogens with one attached hydrogen (secondary N) is 1. The minimum atomic E-state index is -4.60. The summed E-state index contributed by atoms with van der Waals surface area (Å²) in [5.41, 5.74) is 0.624. The van der Waals surface area contributed by atoms with Crippen molar-refractivity contribution in [2.75, 3.05) is 5.32 Å². The van der Waals surface area contributed by atoms with Gasteiger partial charge >= 0.3 is 6.18 Å². The zero-order chi connectivity index (χ0) is 16.5. The molecule has 0 aromatic carbocycles. The molecule has 0 atom stereocenters. The monoisotopic (exact) mass is 353 g/mol. The number of halogens is 4. The summed E-state index contributed by atoms with van der Waals surface area (Å²) in [4.78, 5) is 12.1. The summed E-state index contributed by atoms with van der Waals surface area (Å²) < 4.78 is 38.6. The number of aryl methyl sites for hydroxylation is 2. The molecular formula is C11H11ClF3N5OS. The predicted molar refractivity (Wildman–Crippen MR) is 75.1 cm³/mol. The van der Waals surface area contributed by atoms with Gasteiger partial charge in [-0.1, -0.05) is 36.3 Å². The third kappa shape index (κ3) is 3.38. The number of amides is 1. The summed E-state index contributed by atoms with van der Waals surface area (Å²) in [5.74, 6) is -0.688. The highest BCUT2D eigenvalue weighted by Gasteiger charge is 2.36. The molecule has 0 spiro atoms. The van der Waals surface area contributed by atoms with Crippen molar-refractivity contribution >= 4 is 34.0 Å². The van der Waals surface area contributed by atoms with E-state index in [4.69, 9.17) is 11.6 Å². The fraction of sp³-hybridized carbons (Fsp3) is 0.455. The molecular weight excluding hydrogens is 343 g/mol. The van der Waals surface area contributed by atoms with Crippen LogP contribution in [0.3, 0.4) is 0 Å². The molecule has 2 rings (SSSR count). The molecule has 0 radical (unpaired) electrons. The normalized spacial score (nSPS) is 11.7. The van der Waals surface area contributed by atoms with Crippen LogP contribution in [0.4, 0.5) is 18.3 Å². The van der Waals surface area contributed by atoms with Crippen LogP contribution < -0.4 is 5.32 Å². The quantitative estimate of drug-likeness (QED) is 0.916. The first kappa shape index (κ1) is 16.7. The van der Waals surface area contributed by atoms with Crippen LogP contribution in [0.5, 0.6) is 0 Å². The molecule has 6 nitrogen and oxygen atoms in total. The third-order valence-corrected chi connectivity index (χ3v) is 3.93. The molecule has 0 bridgehead atoms. The maximum absolute atomic E-state index is 12.4. The average Bonchev–Trinajstić information content (AvgIpc) is 2.95. The van der Waals surface area contributed by atoms with Crippen molar-refractivity contribution in [1.82, 2.24) is 20.0 Å². The summed E-state index contributed by atoms with van der Waals surface area (Å²) in [6, 6.07) is 0. The lowest BCUT2D eigenvalue weighted by atomic mass is 10.2. The topological polar surface area (TPSA) is 72.7 Å². The SMILES string of the molecule is CCCc1nn(C)c(C(=O)Nc2nnc(C(F)(F)F)s2)c1Cl. The molecule has 1 amide bonds. The van der Waals surface area contributed by atoms with Gasteiger partial charge in [-0.15, -0.1) is 10.2 Å². The van der Waals surface area contributed by atoms with E-state index in [-0.39, 0.29) is 27.2 Å². The van der Waals surface area contributed by atoms with E-state index in [1.165, 1.54) is 11.7 Å². The van der Waals surface area contributed by atoms with E-state index in [0.29, 0.717) is 12.1 Å². The first-order valence-electron chi connectivity index (χ1n) is 6.17. The van der Waals surface area contributed by atoms with Crippen LogP contribution in [0.25, 0.3) is 0 Å². The van der Waals surface area contributed by atoms with Crippen molar-refractivity contribution in [3.63, 3.8) is 0 Å². The van der Waals surface area contributed by atoms with Crippen LogP contribution in [0.2, 0.25) is 5.02 Å². The van der Waals surface area contributed by atoms with Crippen molar-refractivity contribution in [2.45, 2.75) is 25.9 Å². The zero-order valence-corrected chi connectivity index (χ0v) is 13.1. The lowest BCUT2D eigenvalue weighted by Crippen LogP contribution is -2.16. The van der Waals surface area contributed by atoms with Gasteiger partial charge in [0.25, 0.3) is 5.91 Å². The van der Waals surface area contributed by atoms with Gasteiger partial charge in [0.05, 0.1) is 10.7 Å². The second-order valence-corrected chi connectivity index (χ2v) is 5.70. The number of rotatable bonds is 4. The van der Waals surface area contributed by atoms with E-state index in [2.05, 4.69) is 20.6 Å². The number of hydrogen-bond acceptors (Lipinski definition) is 5. The molecule has 1 N–H and O–H groups in total. The van der Waals surface area contributed by atoms with Crippen LogP contribution in [-0.2, 0) is 19.6 Å². The Morgan fingerprint density at radius 1 is 1.41 bits per heavy atom. The van der Waals surface area contributed by atoms with E-state index in [0.717, 1.165) is 6.42 Å². The number of nitrogens with zero attached hydrogens (tertiary/aromatic N) is 4. The Labute approximate surface area is 132 Å². The van der Waals surface area contributed by atoms with Gasteiger partial charge < -0.3 is 0 Å². The number of aromatic nitrogens is 4. The van der Waals surface area contributed by atoms with Gasteiger partial charge in [-0.25, -0.2) is 0 Å². The Balaban J connectivity index is 2.21. The lowest BCUT2D eigenvalue weighted by molar-refractivity contribution is -0.138. The van der Waals surface area contributed by atoms with Gasteiger partial charge in [0.1, 0.15) is 5.69 Å². The van der Waals surface area contributed by atoms with Crippen LogP contribution in [0, 0.1) is 0 Å². The maximum Gasteiger partial charge on any atom is 0.445 e. The highest BCUT2D eigenvalue weighted by Crippen LogP contribution is 2.33. The number of carbonyl (C=O) groups excluding carboxylic acids is 1. The smallest absolute Gasteiger partial charge is 0.295 e. The number of carbonyl (C=O) groups is 1. The van der Waals surface area contributed by atoms with Crippen molar-refractivity contribution in [3.05, 3.63) is 21.4 Å². The molecule has 120 valence electrons. The van der Waals surface area contributed by atoms with E-state index >= 15 is 0 Å². The van der Waals surface area contributed by atoms with Gasteiger partial charge in [0.2, 0.25) is 10.1 Å². The highest BCUT2D eigenvalue weighted by molar-refractivity contribution is 7.15. The van der Waals surface area contributed by atoms with Gasteiger partial charge in [0, 0.05) is 7.05 Å². The molecule has 0 saturated carbocycles. The molecule has 2 aromatic heterocycles. The molecule has 0 aliphatic heterocycles. The first-order chi connectivity index (χ1) is 10.2. The molecule has 0 fully saturated rings. The summed E-state index contributed by atoms with van der Waals surface area (Å²) in [7, 11) is 1.53. The molecule has 0 unspecified atom stereocenters. The highest BCUT2D eigenvalue weighted by atomic mass is 35.5. The van der Waals surface area contributed by atoms with Crippen LogP contribution in [-0.4, -0.2) is 25.9 Å². The minimum Gasteiger partial charge on any atom is -0.295 e. The number of hydrogen-bond donors (Lipinski definition) is 1. The summed E-state index contributed by atoms with van der Waals surface area (Å²) >= 11 is 6.33. The molecule has 2 aromatic rings. The standard InChI is InChI=1S/C11H11ClF3N5OS/c1-3-4-5-6(12)7(20(2)19-5)8(21)16-10-18-17-9(22-10)11(13,14)15/h3-4H2,1-2H3,(H,16,18,21). The maximum atomic E-state index is 12.4. The van der Waals surface area contributed by atoms with Crippen molar-refractivity contribution in [2.24, 2.45) is 7.05 Å². The molecule has 2 heterocycles. The van der Waals surface area contributed by atoms with E-state index in [1.54, 1.807) is 0 Å². The Bertz CT molecular complexity index is 696. The summed E-state index contributed by atoms with van der Waals surface area (Å²) in [6.45, 7) is 1.94. The van der Waals surface area contributed by atoms with Gasteiger partial charge in [0.15, 0.2) is 0 Å². The van der Waals surface area contributed by atoms with Crippen molar-refractivity contribution in [1.29, 1.82) is 0 Å². The average molecular weight is 354 g/mol. The van der Waals surface area contributed by atoms with Crippen molar-refractivity contribution in [3.8, 4) is 0 Å². The Morgan fingerprint density at radius 3 is 2.64 bits per heavy atom. The second-order valence-electron chi connectivity index (χ2n) is 4.35. The molecule has 0 saturated heterocycles. The predicted octanol–water partition coefficient (Wildman–Crippen LogP) is 3.15. The van der Waals surface area contributed by atoms with Crippen LogP contribution in [0.1, 0.15) is 34.5 Å². The van der Waals surface area contributed by atoms with Gasteiger partial charge in [-0.3, -0.25) is 14.8 Å². The Kier molecular flexibility index (Phi) is 4.71. The molecule has 0 aliphatic rings. The minimum absolute atomic E-state index is 0.0638. The van der Waals surface area contributed by atoms with Gasteiger partial charge in [-0.05, 0) is 6.42 Å².